The lowest BCUT2D eigenvalue weighted by Crippen LogP contribution is -2.49. The highest BCUT2D eigenvalue weighted by Crippen LogP contribution is 2.21. The van der Waals surface area contributed by atoms with E-state index < -0.39 is 10.0 Å². The fourth-order valence-corrected chi connectivity index (χ4v) is 4.59. The molecule has 0 saturated carbocycles. The lowest BCUT2D eigenvalue weighted by Gasteiger charge is -2.36. The van der Waals surface area contributed by atoms with Crippen LogP contribution >= 0.6 is 0 Å². The minimum absolute atomic E-state index is 0.0403. The van der Waals surface area contributed by atoms with Crippen molar-refractivity contribution >= 4 is 15.9 Å². The van der Waals surface area contributed by atoms with Crippen molar-refractivity contribution in [1.29, 1.82) is 0 Å². The molecule has 0 radical (unpaired) electrons. The van der Waals surface area contributed by atoms with Gasteiger partial charge < -0.3 is 10.2 Å². The molecule has 0 aliphatic carbocycles. The number of nitrogens with one attached hydrogen (secondary N) is 1. The quantitative estimate of drug-likeness (QED) is 0.808. The van der Waals surface area contributed by atoms with Crippen LogP contribution in [0, 0.1) is 5.92 Å². The number of carbonyl (C=O) groups excluding carboxylic acids is 1. The molecule has 2 aliphatic rings. The number of sulfonamides is 1. The maximum Gasteiger partial charge on any atom is 0.223 e. The first-order chi connectivity index (χ1) is 10.8. The van der Waals surface area contributed by atoms with Gasteiger partial charge >= 0.3 is 0 Å². The van der Waals surface area contributed by atoms with Gasteiger partial charge in [0.25, 0.3) is 0 Å². The van der Waals surface area contributed by atoms with Crippen molar-refractivity contribution in [2.45, 2.75) is 58.5 Å². The first-order valence-corrected chi connectivity index (χ1v) is 10.5. The second-order valence-corrected chi connectivity index (χ2v) is 9.24. The van der Waals surface area contributed by atoms with Gasteiger partial charge in [0.05, 0.1) is 5.75 Å². The minimum Gasteiger partial charge on any atom is -0.353 e. The van der Waals surface area contributed by atoms with E-state index in [-0.39, 0.29) is 23.6 Å². The van der Waals surface area contributed by atoms with Crippen LogP contribution < -0.4 is 5.32 Å². The molecule has 134 valence electrons. The zero-order valence-electron chi connectivity index (χ0n) is 14.6. The van der Waals surface area contributed by atoms with E-state index in [4.69, 9.17) is 0 Å². The van der Waals surface area contributed by atoms with Gasteiger partial charge in [-0.1, -0.05) is 0 Å². The SMILES string of the molecule is CCS(=O)(=O)N1CCC(C(=O)NC2CCN(C(C)C)CC2)CC1. The fourth-order valence-electron chi connectivity index (χ4n) is 3.46. The Balaban J connectivity index is 1.76. The largest absolute Gasteiger partial charge is 0.353 e. The molecule has 0 bridgehead atoms. The van der Waals surface area contributed by atoms with Crippen LogP contribution in [0.1, 0.15) is 46.5 Å². The molecule has 1 amide bonds. The predicted octanol–water partition coefficient (Wildman–Crippen LogP) is 1.04. The number of amides is 1. The topological polar surface area (TPSA) is 69.7 Å². The molecular weight excluding hydrogens is 314 g/mol. The lowest BCUT2D eigenvalue weighted by atomic mass is 9.95. The van der Waals surface area contributed by atoms with E-state index in [9.17, 15) is 13.2 Å². The molecule has 2 fully saturated rings. The fraction of sp³-hybridized carbons (Fsp3) is 0.938. The Morgan fingerprint density at radius 3 is 2.13 bits per heavy atom. The average molecular weight is 346 g/mol. The summed E-state index contributed by atoms with van der Waals surface area (Å²) in [6, 6.07) is 0.839. The van der Waals surface area contributed by atoms with Crippen molar-refractivity contribution in [3.05, 3.63) is 0 Å². The van der Waals surface area contributed by atoms with Gasteiger partial charge in [-0.3, -0.25) is 4.79 Å². The van der Waals surface area contributed by atoms with Crippen molar-refractivity contribution in [1.82, 2.24) is 14.5 Å². The van der Waals surface area contributed by atoms with Crippen LogP contribution in [0.3, 0.4) is 0 Å². The van der Waals surface area contributed by atoms with Crippen molar-refractivity contribution < 1.29 is 13.2 Å². The van der Waals surface area contributed by atoms with Crippen LogP contribution in [0.5, 0.6) is 0 Å². The number of piperidine rings is 2. The number of hydrogen-bond donors (Lipinski definition) is 1. The molecule has 0 unspecified atom stereocenters. The highest BCUT2D eigenvalue weighted by Gasteiger charge is 2.31. The van der Waals surface area contributed by atoms with E-state index in [2.05, 4.69) is 24.1 Å². The van der Waals surface area contributed by atoms with Gasteiger partial charge in [0.15, 0.2) is 0 Å². The first-order valence-electron chi connectivity index (χ1n) is 8.85. The Bertz CT molecular complexity index is 491. The summed E-state index contributed by atoms with van der Waals surface area (Å²) in [5, 5.41) is 3.18. The molecule has 0 aromatic heterocycles. The summed E-state index contributed by atoms with van der Waals surface area (Å²) >= 11 is 0. The number of carbonyl (C=O) groups is 1. The van der Waals surface area contributed by atoms with Gasteiger partial charge in [-0.2, -0.15) is 0 Å². The minimum atomic E-state index is -3.12. The zero-order chi connectivity index (χ0) is 17.0. The Morgan fingerprint density at radius 1 is 1.09 bits per heavy atom. The van der Waals surface area contributed by atoms with Crippen molar-refractivity contribution in [2.75, 3.05) is 31.9 Å². The molecule has 0 aromatic carbocycles. The molecule has 0 spiro atoms. The van der Waals surface area contributed by atoms with Gasteiger partial charge in [-0.15, -0.1) is 0 Å². The van der Waals surface area contributed by atoms with Crippen molar-refractivity contribution in [3.63, 3.8) is 0 Å². The lowest BCUT2D eigenvalue weighted by molar-refractivity contribution is -0.127. The third-order valence-corrected chi connectivity index (χ3v) is 7.07. The maximum absolute atomic E-state index is 12.4. The molecule has 2 rings (SSSR count). The van der Waals surface area contributed by atoms with Crippen LogP contribution in [-0.4, -0.2) is 67.5 Å². The van der Waals surface area contributed by atoms with Crippen molar-refractivity contribution in [3.8, 4) is 0 Å². The summed E-state index contributed by atoms with van der Waals surface area (Å²) in [5.74, 6) is 0.209. The van der Waals surface area contributed by atoms with E-state index in [1.807, 2.05) is 0 Å². The molecule has 6 nitrogen and oxygen atoms in total. The molecule has 2 aliphatic heterocycles. The van der Waals surface area contributed by atoms with E-state index in [0.717, 1.165) is 25.9 Å². The van der Waals surface area contributed by atoms with Gasteiger partial charge in [-0.05, 0) is 46.5 Å². The smallest absolute Gasteiger partial charge is 0.223 e. The van der Waals surface area contributed by atoms with Gasteiger partial charge in [0.2, 0.25) is 15.9 Å². The predicted molar refractivity (Wildman–Crippen MR) is 91.6 cm³/mol. The summed E-state index contributed by atoms with van der Waals surface area (Å²) in [5.41, 5.74) is 0. The van der Waals surface area contributed by atoms with Crippen LogP contribution in [0.25, 0.3) is 0 Å². The second kappa shape index (κ2) is 7.94. The van der Waals surface area contributed by atoms with Crippen LogP contribution in [0.2, 0.25) is 0 Å². The summed E-state index contributed by atoms with van der Waals surface area (Å²) in [6.07, 6.45) is 3.28. The summed E-state index contributed by atoms with van der Waals surface area (Å²) in [4.78, 5) is 14.9. The van der Waals surface area contributed by atoms with E-state index in [1.54, 1.807) is 6.92 Å². The standard InChI is InChI=1S/C16H31N3O3S/c1-4-23(21,22)19-11-5-14(6-12-19)16(20)17-15-7-9-18(10-8-15)13(2)3/h13-15H,4-12H2,1-3H3,(H,17,20). The van der Waals surface area contributed by atoms with Crippen LogP contribution in [0.15, 0.2) is 0 Å². The average Bonchev–Trinajstić information content (AvgIpc) is 2.55. The number of nitrogens with zero attached hydrogens (tertiary/aromatic N) is 2. The van der Waals surface area contributed by atoms with E-state index >= 15 is 0 Å². The molecular formula is C16H31N3O3S. The number of rotatable bonds is 5. The van der Waals surface area contributed by atoms with Gasteiger partial charge in [0.1, 0.15) is 0 Å². The molecule has 0 aromatic rings. The molecule has 7 heteroatoms. The highest BCUT2D eigenvalue weighted by molar-refractivity contribution is 7.89. The third kappa shape index (κ3) is 4.90. The van der Waals surface area contributed by atoms with Crippen LogP contribution in [-0.2, 0) is 14.8 Å². The Hall–Kier alpha value is -0.660. The number of hydrogen-bond acceptors (Lipinski definition) is 4. The zero-order valence-corrected chi connectivity index (χ0v) is 15.4. The summed E-state index contributed by atoms with van der Waals surface area (Å²) in [7, 11) is -3.12. The molecule has 2 heterocycles. The molecule has 2 saturated heterocycles. The maximum atomic E-state index is 12.4. The normalized spacial score (nSPS) is 23.3. The summed E-state index contributed by atoms with van der Waals surface area (Å²) < 4.78 is 25.2. The summed E-state index contributed by atoms with van der Waals surface area (Å²) in [6.45, 7) is 9.09. The first kappa shape index (κ1) is 18.7. The molecule has 1 N–H and O–H groups in total. The molecule has 0 atom stereocenters. The van der Waals surface area contributed by atoms with Crippen molar-refractivity contribution in [2.24, 2.45) is 5.92 Å². The Kier molecular flexibility index (Phi) is 6.45. The highest BCUT2D eigenvalue weighted by atomic mass is 32.2. The van der Waals surface area contributed by atoms with E-state index in [0.29, 0.717) is 32.0 Å². The van der Waals surface area contributed by atoms with E-state index in [1.165, 1.54) is 4.31 Å². The second-order valence-electron chi connectivity index (χ2n) is 6.99. The number of likely N-dealkylation sites (tertiary alicyclic amines) is 1. The monoisotopic (exact) mass is 345 g/mol. The molecule has 23 heavy (non-hydrogen) atoms. The third-order valence-electron chi connectivity index (χ3n) is 5.19. The van der Waals surface area contributed by atoms with Gasteiger partial charge in [0, 0.05) is 44.2 Å². The Morgan fingerprint density at radius 2 is 1.65 bits per heavy atom. The van der Waals surface area contributed by atoms with Crippen LogP contribution in [0.4, 0.5) is 0 Å². The Labute approximate surface area is 140 Å². The van der Waals surface area contributed by atoms with Gasteiger partial charge in [-0.25, -0.2) is 12.7 Å².